The summed E-state index contributed by atoms with van der Waals surface area (Å²) < 4.78 is 17.4. The molecule has 3 rings (SSSR count). The minimum atomic E-state index is -0.930. The molecule has 0 aliphatic rings. The van der Waals surface area contributed by atoms with Crippen molar-refractivity contribution in [1.82, 2.24) is 5.43 Å². The fourth-order valence-corrected chi connectivity index (χ4v) is 4.17. The van der Waals surface area contributed by atoms with Crippen molar-refractivity contribution in [3.8, 4) is 17.2 Å². The molecule has 0 aromatic heterocycles. The number of aryl methyl sites for hydroxylation is 1. The van der Waals surface area contributed by atoms with Crippen LogP contribution in [0.2, 0.25) is 0 Å². The Balaban J connectivity index is 1.52. The number of anilines is 2. The van der Waals surface area contributed by atoms with Gasteiger partial charge in [-0.15, -0.1) is 0 Å². The second-order valence-electron chi connectivity index (χ2n) is 8.62. The number of ether oxygens (including phenoxy) is 3. The van der Waals surface area contributed by atoms with Gasteiger partial charge in [0.25, 0.3) is 5.91 Å². The maximum Gasteiger partial charge on any atom is 0.329 e. The van der Waals surface area contributed by atoms with Crippen LogP contribution in [0.1, 0.15) is 30.9 Å². The van der Waals surface area contributed by atoms with Gasteiger partial charge in [-0.1, -0.05) is 25.5 Å². The van der Waals surface area contributed by atoms with Crippen molar-refractivity contribution in [2.24, 2.45) is 5.10 Å². The molecule has 0 spiro atoms. The van der Waals surface area contributed by atoms with Gasteiger partial charge in [0.2, 0.25) is 0 Å². The van der Waals surface area contributed by atoms with Crippen LogP contribution in [-0.4, -0.2) is 44.3 Å². The van der Waals surface area contributed by atoms with E-state index in [1.54, 1.807) is 42.5 Å². The number of carbonyl (C=O) groups excluding carboxylic acids is 3. The zero-order chi connectivity index (χ0) is 28.9. The van der Waals surface area contributed by atoms with Gasteiger partial charge >= 0.3 is 11.8 Å². The van der Waals surface area contributed by atoms with Crippen LogP contribution in [0, 0.1) is 10.5 Å². The Kier molecular flexibility index (Phi) is 11.8. The molecule has 3 aromatic rings. The Morgan fingerprint density at radius 2 is 1.73 bits per heavy atom. The van der Waals surface area contributed by atoms with Crippen LogP contribution in [0.5, 0.6) is 17.2 Å². The lowest BCUT2D eigenvalue weighted by molar-refractivity contribution is -0.136. The summed E-state index contributed by atoms with van der Waals surface area (Å²) in [7, 11) is 1.47. The van der Waals surface area contributed by atoms with E-state index < -0.39 is 11.8 Å². The Morgan fingerprint density at radius 1 is 0.950 bits per heavy atom. The number of methoxy groups -OCH3 is 1. The Hall–Kier alpha value is -4.13. The normalized spacial score (nSPS) is 10.6. The first-order chi connectivity index (χ1) is 19.3. The number of carbonyl (C=O) groups is 3. The maximum atomic E-state index is 12.3. The highest BCUT2D eigenvalue weighted by Gasteiger charge is 2.15. The smallest absolute Gasteiger partial charge is 0.329 e. The number of nitrogens with zero attached hydrogens (tertiary/aromatic N) is 1. The van der Waals surface area contributed by atoms with Gasteiger partial charge in [0.15, 0.2) is 18.1 Å². The third-order valence-electron chi connectivity index (χ3n) is 5.37. The lowest BCUT2D eigenvalue weighted by atomic mass is 10.2. The van der Waals surface area contributed by atoms with Crippen molar-refractivity contribution < 1.29 is 28.6 Å². The van der Waals surface area contributed by atoms with Crippen molar-refractivity contribution in [1.29, 1.82) is 0 Å². The van der Waals surface area contributed by atoms with Gasteiger partial charge in [-0.05, 0) is 95.6 Å². The molecular weight excluding hydrogens is 627 g/mol. The molecule has 40 heavy (non-hydrogen) atoms. The second kappa shape index (κ2) is 15.5. The van der Waals surface area contributed by atoms with Crippen molar-refractivity contribution in [2.75, 3.05) is 31.0 Å². The van der Waals surface area contributed by atoms with E-state index in [1.165, 1.54) is 13.3 Å². The van der Waals surface area contributed by atoms with Crippen LogP contribution in [-0.2, 0) is 14.4 Å². The number of halogens is 1. The molecule has 10 nitrogen and oxygen atoms in total. The molecule has 0 saturated carbocycles. The molecule has 0 radical (unpaired) electrons. The van der Waals surface area contributed by atoms with Gasteiger partial charge in [0, 0.05) is 11.4 Å². The summed E-state index contributed by atoms with van der Waals surface area (Å²) in [5, 5.41) is 9.16. The lowest BCUT2D eigenvalue weighted by Crippen LogP contribution is -2.32. The zero-order valence-electron chi connectivity index (χ0n) is 22.5. The first kappa shape index (κ1) is 30.4. The minimum absolute atomic E-state index is 0.215. The summed E-state index contributed by atoms with van der Waals surface area (Å²) in [5.41, 5.74) is 4.95. The molecule has 0 bridgehead atoms. The molecule has 0 atom stereocenters. The number of unbranched alkanes of at least 4 members (excludes halogenated alkanes) is 1. The summed E-state index contributed by atoms with van der Waals surface area (Å²) in [6.07, 6.45) is 3.36. The summed E-state index contributed by atoms with van der Waals surface area (Å²) in [4.78, 5) is 36.7. The van der Waals surface area contributed by atoms with E-state index in [0.717, 1.165) is 18.4 Å². The molecule has 210 valence electrons. The van der Waals surface area contributed by atoms with Crippen LogP contribution in [0.4, 0.5) is 11.4 Å². The average molecular weight is 658 g/mol. The molecule has 11 heteroatoms. The molecular formula is C29H31IN4O6. The molecule has 0 aliphatic heterocycles. The van der Waals surface area contributed by atoms with E-state index in [4.69, 9.17) is 14.2 Å². The zero-order valence-corrected chi connectivity index (χ0v) is 24.6. The highest BCUT2D eigenvalue weighted by Crippen LogP contribution is 2.33. The predicted molar refractivity (Wildman–Crippen MR) is 162 cm³/mol. The fourth-order valence-electron chi connectivity index (χ4n) is 3.38. The Morgan fingerprint density at radius 3 is 2.42 bits per heavy atom. The summed E-state index contributed by atoms with van der Waals surface area (Å²) in [6, 6.07) is 17.6. The molecule has 0 fully saturated rings. The number of benzene rings is 3. The van der Waals surface area contributed by atoms with Crippen LogP contribution in [0.3, 0.4) is 0 Å². The highest BCUT2D eigenvalue weighted by molar-refractivity contribution is 14.1. The maximum absolute atomic E-state index is 12.3. The number of hydrogen-bond donors (Lipinski definition) is 3. The molecule has 0 heterocycles. The Bertz CT molecular complexity index is 1360. The van der Waals surface area contributed by atoms with Crippen molar-refractivity contribution in [3.63, 3.8) is 0 Å². The Labute approximate surface area is 246 Å². The molecule has 3 amide bonds. The van der Waals surface area contributed by atoms with Gasteiger partial charge in [-0.3, -0.25) is 14.4 Å². The third-order valence-corrected chi connectivity index (χ3v) is 6.17. The summed E-state index contributed by atoms with van der Waals surface area (Å²) in [5.74, 6) is -0.649. The first-order valence-electron chi connectivity index (χ1n) is 12.5. The van der Waals surface area contributed by atoms with Crippen LogP contribution in [0.15, 0.2) is 65.8 Å². The minimum Gasteiger partial charge on any atom is -0.494 e. The van der Waals surface area contributed by atoms with E-state index in [0.29, 0.717) is 44.4 Å². The van der Waals surface area contributed by atoms with Crippen molar-refractivity contribution >= 4 is 57.9 Å². The molecule has 0 aliphatic carbocycles. The van der Waals surface area contributed by atoms with E-state index in [-0.39, 0.29) is 12.5 Å². The largest absolute Gasteiger partial charge is 0.494 e. The van der Waals surface area contributed by atoms with Gasteiger partial charge in [0.05, 0.1) is 23.5 Å². The topological polar surface area (TPSA) is 127 Å². The van der Waals surface area contributed by atoms with Gasteiger partial charge in [0.1, 0.15) is 5.75 Å². The molecule has 3 aromatic carbocycles. The van der Waals surface area contributed by atoms with E-state index in [2.05, 4.69) is 50.7 Å². The molecule has 3 N–H and O–H groups in total. The van der Waals surface area contributed by atoms with E-state index in [1.807, 2.05) is 25.1 Å². The molecule has 0 saturated heterocycles. The quantitative estimate of drug-likeness (QED) is 0.0837. The van der Waals surface area contributed by atoms with Gasteiger partial charge in [-0.2, -0.15) is 5.10 Å². The highest BCUT2D eigenvalue weighted by atomic mass is 127. The average Bonchev–Trinajstić information content (AvgIpc) is 2.93. The summed E-state index contributed by atoms with van der Waals surface area (Å²) >= 11 is 2.05. The number of hydrazone groups is 1. The SMILES string of the molecule is CCCCOc1ccc(NC(=O)C(=O)N/N=C\c2cc(I)c(OCC(=O)Nc3cccc(C)c3)c(OC)c2)cc1. The third kappa shape index (κ3) is 9.56. The monoisotopic (exact) mass is 658 g/mol. The van der Waals surface area contributed by atoms with E-state index >= 15 is 0 Å². The standard InChI is InChI=1S/C29H31IN4O6/c1-4-5-13-39-23-11-9-21(10-12-23)33-28(36)29(37)34-31-17-20-15-24(30)27(25(16-20)38-3)40-18-26(35)32-22-8-6-7-19(2)14-22/h6-12,14-17H,4-5,13,18H2,1-3H3,(H,32,35)(H,33,36)(H,34,37)/b31-17-. The summed E-state index contributed by atoms with van der Waals surface area (Å²) in [6.45, 7) is 4.43. The van der Waals surface area contributed by atoms with Crippen LogP contribution >= 0.6 is 22.6 Å². The lowest BCUT2D eigenvalue weighted by Gasteiger charge is -2.13. The molecule has 0 unspecified atom stereocenters. The van der Waals surface area contributed by atoms with Crippen LogP contribution < -0.4 is 30.3 Å². The van der Waals surface area contributed by atoms with Crippen molar-refractivity contribution in [2.45, 2.75) is 26.7 Å². The fraction of sp³-hybridized carbons (Fsp3) is 0.241. The second-order valence-corrected chi connectivity index (χ2v) is 9.78. The number of amides is 3. The number of nitrogens with one attached hydrogen (secondary N) is 3. The van der Waals surface area contributed by atoms with Crippen LogP contribution in [0.25, 0.3) is 0 Å². The number of hydrogen-bond acceptors (Lipinski definition) is 7. The van der Waals surface area contributed by atoms with Crippen molar-refractivity contribution in [3.05, 3.63) is 75.4 Å². The first-order valence-corrected chi connectivity index (χ1v) is 13.6. The number of rotatable bonds is 12. The van der Waals surface area contributed by atoms with Gasteiger partial charge < -0.3 is 24.8 Å². The predicted octanol–water partition coefficient (Wildman–Crippen LogP) is 4.89. The van der Waals surface area contributed by atoms with Gasteiger partial charge in [-0.25, -0.2) is 5.43 Å². The van der Waals surface area contributed by atoms with E-state index in [9.17, 15) is 14.4 Å².